The molecule has 2 aromatic heterocycles. The molecule has 0 atom stereocenters. The molecule has 0 fully saturated rings. The number of esters is 1. The first-order valence-corrected chi connectivity index (χ1v) is 7.72. The van der Waals surface area contributed by atoms with Crippen molar-refractivity contribution in [2.75, 3.05) is 12.3 Å². The number of carbonyl (C=O) groups is 1. The Labute approximate surface area is 128 Å². The summed E-state index contributed by atoms with van der Waals surface area (Å²) in [5.74, 6) is -0.174. The maximum atomic E-state index is 11.4. The van der Waals surface area contributed by atoms with Crippen molar-refractivity contribution >= 4 is 46.6 Å². The summed E-state index contributed by atoms with van der Waals surface area (Å²) in [4.78, 5) is 23.5. The van der Waals surface area contributed by atoms with Gasteiger partial charge < -0.3 is 10.5 Å². The minimum atomic E-state index is -0.288. The predicted molar refractivity (Wildman–Crippen MR) is 78.0 cm³/mol. The van der Waals surface area contributed by atoms with Gasteiger partial charge in [-0.15, -0.1) is 11.3 Å². The zero-order valence-corrected chi connectivity index (χ0v) is 12.9. The number of hydrogen-bond acceptors (Lipinski definition) is 8. The number of carbonyl (C=O) groups excluding carboxylic acids is 1. The van der Waals surface area contributed by atoms with Crippen molar-refractivity contribution in [3.8, 4) is 0 Å². The van der Waals surface area contributed by atoms with Crippen molar-refractivity contribution < 1.29 is 9.53 Å². The van der Waals surface area contributed by atoms with Crippen molar-refractivity contribution in [1.29, 1.82) is 0 Å². The van der Waals surface area contributed by atoms with Gasteiger partial charge in [-0.3, -0.25) is 4.79 Å². The molecular formula is C11H11ClN4O2S2. The Morgan fingerprint density at radius 3 is 3.00 bits per heavy atom. The molecule has 9 heteroatoms. The fraction of sp³-hybridized carbons (Fsp3) is 0.273. The van der Waals surface area contributed by atoms with E-state index in [4.69, 9.17) is 22.1 Å². The number of thiazole rings is 1. The summed E-state index contributed by atoms with van der Waals surface area (Å²) < 4.78 is 5.62. The Kier molecular flexibility index (Phi) is 5.16. The Morgan fingerprint density at radius 1 is 1.50 bits per heavy atom. The van der Waals surface area contributed by atoms with E-state index in [2.05, 4.69) is 15.0 Å². The van der Waals surface area contributed by atoms with Gasteiger partial charge in [-0.2, -0.15) is 0 Å². The first-order chi connectivity index (χ1) is 9.56. The lowest BCUT2D eigenvalue weighted by Gasteiger charge is -1.99. The Balaban J connectivity index is 2.03. The van der Waals surface area contributed by atoms with Crippen LogP contribution in [-0.4, -0.2) is 27.5 Å². The molecule has 0 unspecified atom stereocenters. The van der Waals surface area contributed by atoms with Crippen molar-refractivity contribution in [3.63, 3.8) is 0 Å². The third-order valence-electron chi connectivity index (χ3n) is 2.04. The van der Waals surface area contributed by atoms with E-state index in [1.165, 1.54) is 23.1 Å². The minimum absolute atomic E-state index is 0.114. The Morgan fingerprint density at radius 2 is 2.30 bits per heavy atom. The van der Waals surface area contributed by atoms with Crippen LogP contribution in [0.1, 0.15) is 12.6 Å². The van der Waals surface area contributed by atoms with Crippen molar-refractivity contribution in [3.05, 3.63) is 22.3 Å². The molecule has 2 rings (SSSR count). The van der Waals surface area contributed by atoms with E-state index in [1.54, 1.807) is 13.0 Å². The summed E-state index contributed by atoms with van der Waals surface area (Å²) in [6.45, 7) is 2.13. The Hall–Kier alpha value is -1.38. The molecule has 0 radical (unpaired) electrons. The maximum Gasteiger partial charge on any atom is 0.311 e. The summed E-state index contributed by atoms with van der Waals surface area (Å²) in [5, 5.41) is 2.70. The van der Waals surface area contributed by atoms with Crippen LogP contribution in [0.25, 0.3) is 0 Å². The number of nitrogens with two attached hydrogens (primary N) is 1. The normalized spacial score (nSPS) is 10.5. The second-order valence-corrected chi connectivity index (χ2v) is 6.09. The lowest BCUT2D eigenvalue weighted by atomic mass is 10.3. The number of anilines is 1. The predicted octanol–water partition coefficient (Wildman–Crippen LogP) is 2.43. The Bertz CT molecular complexity index is 600. The average Bonchev–Trinajstić information content (AvgIpc) is 2.75. The molecule has 0 aliphatic carbocycles. The number of aromatic nitrogens is 3. The van der Waals surface area contributed by atoms with E-state index in [-0.39, 0.29) is 23.5 Å². The second kappa shape index (κ2) is 6.87. The van der Waals surface area contributed by atoms with Crippen LogP contribution in [-0.2, 0) is 16.0 Å². The van der Waals surface area contributed by atoms with Gasteiger partial charge in [-0.05, 0) is 18.7 Å². The van der Waals surface area contributed by atoms with Crippen LogP contribution in [0.5, 0.6) is 0 Å². The SMILES string of the molecule is CCOC(=O)Cc1csc(Sc2cc(Cl)nc(N)n2)n1. The summed E-state index contributed by atoms with van der Waals surface area (Å²) in [6, 6.07) is 1.61. The summed E-state index contributed by atoms with van der Waals surface area (Å²) in [6.07, 6.45) is 0.164. The van der Waals surface area contributed by atoms with Crippen LogP contribution >= 0.6 is 34.7 Å². The molecule has 0 aliphatic rings. The molecule has 0 bridgehead atoms. The van der Waals surface area contributed by atoms with Crippen LogP contribution in [0, 0.1) is 0 Å². The van der Waals surface area contributed by atoms with E-state index < -0.39 is 0 Å². The van der Waals surface area contributed by atoms with Gasteiger partial charge in [0.15, 0.2) is 4.34 Å². The number of nitrogen functional groups attached to an aromatic ring is 1. The molecule has 6 nitrogen and oxygen atoms in total. The number of nitrogens with zero attached hydrogens (tertiary/aromatic N) is 3. The molecule has 106 valence electrons. The highest BCUT2D eigenvalue weighted by Gasteiger charge is 2.10. The molecule has 2 heterocycles. The van der Waals surface area contributed by atoms with Crippen LogP contribution in [0.3, 0.4) is 0 Å². The average molecular weight is 331 g/mol. The quantitative estimate of drug-likeness (QED) is 0.665. The zero-order chi connectivity index (χ0) is 14.5. The van der Waals surface area contributed by atoms with Gasteiger partial charge in [0.2, 0.25) is 5.95 Å². The lowest BCUT2D eigenvalue weighted by molar-refractivity contribution is -0.142. The second-order valence-electron chi connectivity index (χ2n) is 3.58. The standard InChI is InChI=1S/C11H11ClN4O2S2/c1-2-18-9(17)3-6-5-19-11(14-6)20-8-4-7(12)15-10(13)16-8/h4-5H,2-3H2,1H3,(H2,13,15,16). The van der Waals surface area contributed by atoms with Crippen molar-refractivity contribution in [2.24, 2.45) is 0 Å². The van der Waals surface area contributed by atoms with E-state index in [0.717, 1.165) is 4.34 Å². The largest absolute Gasteiger partial charge is 0.466 e. The topological polar surface area (TPSA) is 91.0 Å². The third-order valence-corrected chi connectivity index (χ3v) is 4.14. The summed E-state index contributed by atoms with van der Waals surface area (Å²) in [7, 11) is 0. The van der Waals surface area contributed by atoms with E-state index in [1.807, 2.05) is 5.38 Å². The molecule has 0 amide bonds. The zero-order valence-electron chi connectivity index (χ0n) is 10.5. The summed E-state index contributed by atoms with van der Waals surface area (Å²) >= 11 is 8.54. The van der Waals surface area contributed by atoms with Crippen LogP contribution in [0.4, 0.5) is 5.95 Å². The van der Waals surface area contributed by atoms with Gasteiger partial charge in [0, 0.05) is 11.4 Å². The first-order valence-electron chi connectivity index (χ1n) is 5.64. The van der Waals surface area contributed by atoms with Gasteiger partial charge in [0.05, 0.1) is 18.7 Å². The molecule has 0 aliphatic heterocycles. The van der Waals surface area contributed by atoms with Gasteiger partial charge in [0.25, 0.3) is 0 Å². The van der Waals surface area contributed by atoms with Crippen molar-refractivity contribution in [1.82, 2.24) is 15.0 Å². The van der Waals surface area contributed by atoms with Crippen LogP contribution in [0.15, 0.2) is 20.8 Å². The van der Waals surface area contributed by atoms with E-state index in [0.29, 0.717) is 17.3 Å². The number of halogens is 1. The molecule has 2 N–H and O–H groups in total. The molecular weight excluding hydrogens is 320 g/mol. The summed E-state index contributed by atoms with van der Waals surface area (Å²) in [5.41, 5.74) is 6.19. The smallest absolute Gasteiger partial charge is 0.311 e. The molecule has 0 aromatic carbocycles. The van der Waals surface area contributed by atoms with E-state index in [9.17, 15) is 4.79 Å². The third kappa shape index (κ3) is 4.32. The fourth-order valence-electron chi connectivity index (χ4n) is 1.33. The first kappa shape index (κ1) is 15.0. The molecule has 0 saturated heterocycles. The number of hydrogen-bond donors (Lipinski definition) is 1. The van der Waals surface area contributed by atoms with Gasteiger partial charge in [-0.1, -0.05) is 11.6 Å². The highest BCUT2D eigenvalue weighted by atomic mass is 35.5. The van der Waals surface area contributed by atoms with Gasteiger partial charge in [-0.25, -0.2) is 15.0 Å². The van der Waals surface area contributed by atoms with E-state index >= 15 is 0 Å². The number of rotatable bonds is 5. The van der Waals surface area contributed by atoms with Crippen LogP contribution < -0.4 is 5.73 Å². The highest BCUT2D eigenvalue weighted by molar-refractivity contribution is 8.01. The van der Waals surface area contributed by atoms with Crippen LogP contribution in [0.2, 0.25) is 5.15 Å². The maximum absolute atomic E-state index is 11.4. The fourth-order valence-corrected chi connectivity index (χ4v) is 3.37. The number of ether oxygens (including phenoxy) is 1. The van der Waals surface area contributed by atoms with Crippen molar-refractivity contribution in [2.45, 2.75) is 22.7 Å². The highest BCUT2D eigenvalue weighted by Crippen LogP contribution is 2.30. The minimum Gasteiger partial charge on any atom is -0.466 e. The molecule has 0 spiro atoms. The lowest BCUT2D eigenvalue weighted by Crippen LogP contribution is -2.07. The molecule has 0 saturated carbocycles. The molecule has 2 aromatic rings. The monoisotopic (exact) mass is 330 g/mol. The van der Waals surface area contributed by atoms with Gasteiger partial charge >= 0.3 is 5.97 Å². The van der Waals surface area contributed by atoms with Gasteiger partial charge in [0.1, 0.15) is 10.2 Å². The molecule has 20 heavy (non-hydrogen) atoms.